The molecule has 0 aliphatic rings. The Morgan fingerprint density at radius 3 is 2.42 bits per heavy atom. The first-order valence-corrected chi connectivity index (χ1v) is 4.60. The molecule has 72 valence electrons. The number of hydrogen-bond donors (Lipinski definition) is 2. The van der Waals surface area contributed by atoms with Crippen molar-refractivity contribution >= 4 is 0 Å². The predicted molar refractivity (Wildman–Crippen MR) is 53.2 cm³/mol. The highest BCUT2D eigenvalue weighted by Gasteiger charge is 2.19. The highest BCUT2D eigenvalue weighted by Crippen LogP contribution is 2.08. The highest BCUT2D eigenvalue weighted by molar-refractivity contribution is 4.97. The largest absolute Gasteiger partial charge is 0.394 e. The molecular weight excluding hydrogens is 150 g/mol. The first kappa shape index (κ1) is 11.7. The van der Waals surface area contributed by atoms with Crippen LogP contribution in [0, 0.1) is 0 Å². The van der Waals surface area contributed by atoms with Gasteiger partial charge in [0.25, 0.3) is 0 Å². The number of aliphatic hydroxyl groups excluding tert-OH is 1. The molecule has 0 aliphatic carbocycles. The maximum atomic E-state index is 9.08. The maximum absolute atomic E-state index is 9.08. The minimum absolute atomic E-state index is 0.141. The van der Waals surface area contributed by atoms with Gasteiger partial charge in [-0.1, -0.05) is 26.0 Å². The summed E-state index contributed by atoms with van der Waals surface area (Å²) in [6.45, 7) is 11.1. The van der Waals surface area contributed by atoms with E-state index in [0.717, 1.165) is 19.4 Å². The molecule has 0 aromatic carbocycles. The average Bonchev–Trinajstić information content (AvgIpc) is 2.13. The summed E-state index contributed by atoms with van der Waals surface area (Å²) in [5.74, 6) is 0. The summed E-state index contributed by atoms with van der Waals surface area (Å²) in [6, 6.07) is 0. The van der Waals surface area contributed by atoms with Crippen LogP contribution in [-0.2, 0) is 0 Å². The Hall–Kier alpha value is -0.340. The van der Waals surface area contributed by atoms with Gasteiger partial charge in [0, 0.05) is 12.1 Å². The van der Waals surface area contributed by atoms with E-state index >= 15 is 0 Å². The van der Waals surface area contributed by atoms with Crippen molar-refractivity contribution in [2.45, 2.75) is 39.2 Å². The lowest BCUT2D eigenvalue weighted by molar-refractivity contribution is 0.173. The fourth-order valence-corrected chi connectivity index (χ4v) is 0.756. The molecule has 0 aliphatic heterocycles. The van der Waals surface area contributed by atoms with E-state index in [2.05, 4.69) is 25.7 Å². The maximum Gasteiger partial charge on any atom is 0.0610 e. The molecule has 2 heteroatoms. The van der Waals surface area contributed by atoms with Crippen molar-refractivity contribution in [2.75, 3.05) is 13.2 Å². The van der Waals surface area contributed by atoms with E-state index in [1.54, 1.807) is 0 Å². The summed E-state index contributed by atoms with van der Waals surface area (Å²) in [5.41, 5.74) is 1.04. The third kappa shape index (κ3) is 3.88. The second kappa shape index (κ2) is 5.33. The van der Waals surface area contributed by atoms with E-state index in [0.29, 0.717) is 0 Å². The Morgan fingerprint density at radius 1 is 1.50 bits per heavy atom. The van der Waals surface area contributed by atoms with E-state index in [1.807, 2.05) is 6.92 Å². The van der Waals surface area contributed by atoms with Crippen molar-refractivity contribution in [3.63, 3.8) is 0 Å². The van der Waals surface area contributed by atoms with Gasteiger partial charge in [-0.2, -0.15) is 0 Å². The second-order valence-corrected chi connectivity index (χ2v) is 3.53. The number of rotatable bonds is 6. The summed E-state index contributed by atoms with van der Waals surface area (Å²) in [7, 11) is 0. The molecule has 1 atom stereocenters. The molecule has 2 nitrogen and oxygen atoms in total. The van der Waals surface area contributed by atoms with Crippen LogP contribution in [0.25, 0.3) is 0 Å². The molecule has 0 amide bonds. The normalized spacial score (nSPS) is 15.7. The quantitative estimate of drug-likeness (QED) is 0.596. The fourth-order valence-electron chi connectivity index (χ4n) is 0.756. The van der Waals surface area contributed by atoms with Gasteiger partial charge in [-0.05, 0) is 19.8 Å². The monoisotopic (exact) mass is 171 g/mol. The Kier molecular flexibility index (Phi) is 5.18. The second-order valence-electron chi connectivity index (χ2n) is 3.53. The zero-order valence-electron chi connectivity index (χ0n) is 8.48. The summed E-state index contributed by atoms with van der Waals surface area (Å²) < 4.78 is 0. The van der Waals surface area contributed by atoms with Crippen LogP contribution in [0.15, 0.2) is 12.2 Å². The molecule has 0 saturated carbocycles. The molecule has 0 radical (unpaired) electrons. The molecule has 0 bridgehead atoms. The third-order valence-electron chi connectivity index (χ3n) is 2.39. The Morgan fingerprint density at radius 2 is 2.08 bits per heavy atom. The lowest BCUT2D eigenvalue weighted by Gasteiger charge is -2.27. The van der Waals surface area contributed by atoms with Crippen LogP contribution in [-0.4, -0.2) is 23.8 Å². The lowest BCUT2D eigenvalue weighted by atomic mass is 10.00. The van der Waals surface area contributed by atoms with Crippen LogP contribution < -0.4 is 5.32 Å². The summed E-state index contributed by atoms with van der Waals surface area (Å²) >= 11 is 0. The first-order chi connectivity index (χ1) is 5.58. The third-order valence-corrected chi connectivity index (χ3v) is 2.39. The Bertz CT molecular complexity index is 139. The zero-order valence-corrected chi connectivity index (χ0v) is 8.48. The molecule has 0 fully saturated rings. The number of hydrogen-bond acceptors (Lipinski definition) is 2. The van der Waals surface area contributed by atoms with Gasteiger partial charge in [0.15, 0.2) is 0 Å². The number of aliphatic hydroxyl groups is 1. The van der Waals surface area contributed by atoms with Crippen LogP contribution in [0.5, 0.6) is 0 Å². The smallest absolute Gasteiger partial charge is 0.0610 e. The van der Waals surface area contributed by atoms with Crippen molar-refractivity contribution in [1.29, 1.82) is 0 Å². The molecule has 0 rings (SSSR count). The topological polar surface area (TPSA) is 32.3 Å². The molecule has 12 heavy (non-hydrogen) atoms. The van der Waals surface area contributed by atoms with Gasteiger partial charge in [0.2, 0.25) is 0 Å². The molecular formula is C10H21NO. The molecule has 1 unspecified atom stereocenters. The molecule has 0 aromatic rings. The average molecular weight is 171 g/mol. The van der Waals surface area contributed by atoms with E-state index in [1.165, 1.54) is 5.57 Å². The Balaban J connectivity index is 3.80. The lowest BCUT2D eigenvalue weighted by Crippen LogP contribution is -2.45. The van der Waals surface area contributed by atoms with Gasteiger partial charge in [-0.15, -0.1) is 0 Å². The minimum Gasteiger partial charge on any atom is -0.394 e. The van der Waals surface area contributed by atoms with Crippen LogP contribution in [0.3, 0.4) is 0 Å². The molecule has 0 saturated heterocycles. The van der Waals surface area contributed by atoms with Gasteiger partial charge in [0.05, 0.1) is 6.61 Å². The van der Waals surface area contributed by atoms with Crippen LogP contribution >= 0.6 is 0 Å². The summed E-state index contributed by atoms with van der Waals surface area (Å²) in [6.07, 6.45) is 1.93. The van der Waals surface area contributed by atoms with E-state index in [-0.39, 0.29) is 12.1 Å². The molecule has 0 spiro atoms. The fraction of sp³-hybridized carbons (Fsp3) is 0.800. The van der Waals surface area contributed by atoms with Gasteiger partial charge >= 0.3 is 0 Å². The van der Waals surface area contributed by atoms with Gasteiger partial charge in [-0.3, -0.25) is 0 Å². The Labute approximate surface area is 75.7 Å². The van der Waals surface area contributed by atoms with Crippen molar-refractivity contribution in [3.05, 3.63) is 12.2 Å². The van der Waals surface area contributed by atoms with E-state index in [4.69, 9.17) is 5.11 Å². The van der Waals surface area contributed by atoms with Crippen LogP contribution in [0.4, 0.5) is 0 Å². The number of nitrogens with one attached hydrogen (secondary N) is 1. The van der Waals surface area contributed by atoms with E-state index in [9.17, 15) is 0 Å². The van der Waals surface area contributed by atoms with Crippen molar-refractivity contribution in [1.82, 2.24) is 5.32 Å². The summed E-state index contributed by atoms with van der Waals surface area (Å²) in [4.78, 5) is 0. The highest BCUT2D eigenvalue weighted by atomic mass is 16.3. The van der Waals surface area contributed by atoms with Gasteiger partial charge in [0.1, 0.15) is 0 Å². The standard InChI is InChI=1S/C10H21NO/c1-5-9(3)7-11-10(4,6-2)8-12/h11-12H,3,5-8H2,1-2,4H3. The van der Waals surface area contributed by atoms with Crippen molar-refractivity contribution in [3.8, 4) is 0 Å². The van der Waals surface area contributed by atoms with Crippen LogP contribution in [0.1, 0.15) is 33.6 Å². The molecule has 2 N–H and O–H groups in total. The van der Waals surface area contributed by atoms with Crippen molar-refractivity contribution < 1.29 is 5.11 Å². The SMILES string of the molecule is C=C(CC)CNC(C)(CC)CO. The van der Waals surface area contributed by atoms with Crippen molar-refractivity contribution in [2.24, 2.45) is 0 Å². The first-order valence-electron chi connectivity index (χ1n) is 4.60. The molecule has 0 heterocycles. The van der Waals surface area contributed by atoms with Crippen LogP contribution in [0.2, 0.25) is 0 Å². The van der Waals surface area contributed by atoms with Gasteiger partial charge < -0.3 is 10.4 Å². The molecule has 0 aromatic heterocycles. The minimum atomic E-state index is -0.141. The summed E-state index contributed by atoms with van der Waals surface area (Å²) in [5, 5.41) is 12.4. The van der Waals surface area contributed by atoms with Gasteiger partial charge in [-0.25, -0.2) is 0 Å². The van der Waals surface area contributed by atoms with E-state index < -0.39 is 0 Å². The zero-order chi connectivity index (χ0) is 9.61. The predicted octanol–water partition coefficient (Wildman–Crippen LogP) is 1.70.